The van der Waals surface area contributed by atoms with E-state index in [1.807, 2.05) is 36.5 Å². The van der Waals surface area contributed by atoms with Crippen LogP contribution in [-0.2, 0) is 12.7 Å². The van der Waals surface area contributed by atoms with Gasteiger partial charge in [0.1, 0.15) is 0 Å². The maximum atomic E-state index is 12.9. The summed E-state index contributed by atoms with van der Waals surface area (Å²) in [6.07, 6.45) is -0.919. The van der Waals surface area contributed by atoms with Crippen molar-refractivity contribution in [3.8, 4) is 5.69 Å². The third-order valence-corrected chi connectivity index (χ3v) is 4.48. The zero-order valence-electron chi connectivity index (χ0n) is 16.0. The first-order chi connectivity index (χ1) is 13.7. The van der Waals surface area contributed by atoms with Crippen LogP contribution < -0.4 is 5.32 Å². The van der Waals surface area contributed by atoms with Crippen molar-refractivity contribution in [3.63, 3.8) is 0 Å². The van der Waals surface area contributed by atoms with Gasteiger partial charge < -0.3 is 10.2 Å². The average molecular weight is 402 g/mol. The number of nitrogens with one attached hydrogen (secondary N) is 1. The molecule has 2 aromatic carbocycles. The number of para-hydroxylation sites is 1. The van der Waals surface area contributed by atoms with Gasteiger partial charge in [-0.2, -0.15) is 18.3 Å². The molecule has 8 heteroatoms. The number of rotatable bonds is 5. The van der Waals surface area contributed by atoms with Gasteiger partial charge in [0.2, 0.25) is 0 Å². The molecule has 0 bridgehead atoms. The highest BCUT2D eigenvalue weighted by Crippen LogP contribution is 2.30. The second-order valence-electron chi connectivity index (χ2n) is 6.78. The largest absolute Gasteiger partial charge is 0.416 e. The van der Waals surface area contributed by atoms with Gasteiger partial charge in [-0.1, -0.05) is 30.3 Å². The van der Waals surface area contributed by atoms with E-state index in [1.165, 1.54) is 11.0 Å². The lowest BCUT2D eigenvalue weighted by Gasteiger charge is -2.21. The Morgan fingerprint density at radius 1 is 1.17 bits per heavy atom. The van der Waals surface area contributed by atoms with Crippen LogP contribution >= 0.6 is 0 Å². The molecular formula is C21H21F3N4O. The fourth-order valence-corrected chi connectivity index (χ4v) is 2.87. The quantitative estimate of drug-likeness (QED) is 0.667. The molecule has 3 rings (SSSR count). The summed E-state index contributed by atoms with van der Waals surface area (Å²) in [6, 6.07) is 13.6. The van der Waals surface area contributed by atoms with Crippen LogP contribution in [-0.4, -0.2) is 27.8 Å². The molecule has 5 nitrogen and oxygen atoms in total. The van der Waals surface area contributed by atoms with E-state index in [0.717, 1.165) is 23.4 Å². The molecule has 0 saturated carbocycles. The first-order valence-corrected chi connectivity index (χ1v) is 9.02. The van der Waals surface area contributed by atoms with Crippen molar-refractivity contribution in [3.05, 3.63) is 83.7 Å². The lowest BCUT2D eigenvalue weighted by atomic mass is 10.1. The van der Waals surface area contributed by atoms with E-state index < -0.39 is 17.8 Å². The predicted molar refractivity (Wildman–Crippen MR) is 103 cm³/mol. The summed E-state index contributed by atoms with van der Waals surface area (Å²) >= 11 is 0. The number of benzene rings is 2. The molecule has 1 heterocycles. The fraction of sp³-hybridized carbons (Fsp3) is 0.238. The average Bonchev–Trinajstić information content (AvgIpc) is 3.16. The number of alkyl halides is 3. The topological polar surface area (TPSA) is 50.2 Å². The lowest BCUT2D eigenvalue weighted by molar-refractivity contribution is -0.137. The Hall–Kier alpha value is -3.29. The number of hydrogen-bond donors (Lipinski definition) is 1. The minimum atomic E-state index is -4.42. The van der Waals surface area contributed by atoms with Crippen LogP contribution in [0.4, 0.5) is 18.0 Å². The standard InChI is InChI=1S/C21H21F3N4O/c1-15(17-7-6-8-18(11-17)21(22,23)24)26-20(29)27(2)13-16-12-25-28(14-16)19-9-4-3-5-10-19/h3-12,14-15H,13H2,1-2H3,(H,26,29). The van der Waals surface area contributed by atoms with Crippen molar-refractivity contribution in [2.24, 2.45) is 0 Å². The highest BCUT2D eigenvalue weighted by Gasteiger charge is 2.30. The highest BCUT2D eigenvalue weighted by molar-refractivity contribution is 5.74. The van der Waals surface area contributed by atoms with E-state index in [4.69, 9.17) is 0 Å². The second-order valence-corrected chi connectivity index (χ2v) is 6.78. The summed E-state index contributed by atoms with van der Waals surface area (Å²) in [4.78, 5) is 13.9. The second kappa shape index (κ2) is 8.38. The molecule has 0 aliphatic heterocycles. The van der Waals surface area contributed by atoms with Crippen LogP contribution in [0.3, 0.4) is 0 Å². The Morgan fingerprint density at radius 2 is 1.90 bits per heavy atom. The van der Waals surface area contributed by atoms with Crippen molar-refractivity contribution < 1.29 is 18.0 Å². The van der Waals surface area contributed by atoms with Crippen molar-refractivity contribution >= 4 is 6.03 Å². The summed E-state index contributed by atoms with van der Waals surface area (Å²) in [6.45, 7) is 1.96. The van der Waals surface area contributed by atoms with Gasteiger partial charge in [-0.25, -0.2) is 9.48 Å². The van der Waals surface area contributed by atoms with Gasteiger partial charge in [0.05, 0.1) is 30.0 Å². The molecule has 0 fully saturated rings. The summed E-state index contributed by atoms with van der Waals surface area (Å²) in [7, 11) is 1.62. The lowest BCUT2D eigenvalue weighted by Crippen LogP contribution is -2.38. The maximum Gasteiger partial charge on any atom is 0.416 e. The maximum absolute atomic E-state index is 12.9. The first kappa shape index (κ1) is 20.4. The summed E-state index contributed by atoms with van der Waals surface area (Å²) in [5.74, 6) is 0. The number of halogens is 3. The van der Waals surface area contributed by atoms with Crippen LogP contribution in [0.5, 0.6) is 0 Å². The van der Waals surface area contributed by atoms with E-state index >= 15 is 0 Å². The summed E-state index contributed by atoms with van der Waals surface area (Å²) in [5, 5.41) is 7.02. The Bertz CT molecular complexity index is 969. The molecule has 29 heavy (non-hydrogen) atoms. The van der Waals surface area contributed by atoms with Crippen molar-refractivity contribution in [2.75, 3.05) is 7.05 Å². The fourth-order valence-electron chi connectivity index (χ4n) is 2.87. The third kappa shape index (κ3) is 5.16. The molecule has 1 N–H and O–H groups in total. The van der Waals surface area contributed by atoms with Crippen molar-refractivity contribution in [1.82, 2.24) is 20.0 Å². The van der Waals surface area contributed by atoms with Gasteiger partial charge in [-0.15, -0.1) is 0 Å². The van der Waals surface area contributed by atoms with Crippen LogP contribution in [0.1, 0.15) is 29.7 Å². The number of carbonyl (C=O) groups excluding carboxylic acids is 1. The zero-order chi connectivity index (χ0) is 21.0. The molecular weight excluding hydrogens is 381 g/mol. The number of aromatic nitrogens is 2. The molecule has 2 amide bonds. The van der Waals surface area contributed by atoms with Gasteiger partial charge in [-0.3, -0.25) is 0 Å². The van der Waals surface area contributed by atoms with E-state index in [-0.39, 0.29) is 6.03 Å². The Balaban J connectivity index is 1.62. The Labute approximate surface area is 166 Å². The molecule has 0 aliphatic rings. The Kier molecular flexibility index (Phi) is 5.91. The molecule has 1 unspecified atom stereocenters. The minimum Gasteiger partial charge on any atom is -0.331 e. The number of amides is 2. The van der Waals surface area contributed by atoms with Gasteiger partial charge in [0.25, 0.3) is 0 Å². The van der Waals surface area contributed by atoms with Gasteiger partial charge in [-0.05, 0) is 36.8 Å². The number of urea groups is 1. The van der Waals surface area contributed by atoms with E-state index in [2.05, 4.69) is 10.4 Å². The number of carbonyl (C=O) groups is 1. The minimum absolute atomic E-state index is 0.313. The van der Waals surface area contributed by atoms with Crippen molar-refractivity contribution in [2.45, 2.75) is 25.7 Å². The van der Waals surface area contributed by atoms with Crippen LogP contribution in [0.25, 0.3) is 5.69 Å². The number of nitrogens with zero attached hydrogens (tertiary/aromatic N) is 3. The van der Waals surface area contributed by atoms with Gasteiger partial charge in [0, 0.05) is 18.8 Å². The van der Waals surface area contributed by atoms with E-state index in [1.54, 1.807) is 30.9 Å². The van der Waals surface area contributed by atoms with Gasteiger partial charge >= 0.3 is 12.2 Å². The van der Waals surface area contributed by atoms with E-state index in [9.17, 15) is 18.0 Å². The van der Waals surface area contributed by atoms with Crippen LogP contribution in [0, 0.1) is 0 Å². The number of hydrogen-bond acceptors (Lipinski definition) is 2. The predicted octanol–water partition coefficient (Wildman–Crippen LogP) is 4.79. The van der Waals surface area contributed by atoms with Crippen LogP contribution in [0.15, 0.2) is 67.0 Å². The molecule has 1 atom stereocenters. The first-order valence-electron chi connectivity index (χ1n) is 9.02. The normalized spacial score (nSPS) is 12.4. The molecule has 0 aliphatic carbocycles. The Morgan fingerprint density at radius 3 is 2.59 bits per heavy atom. The molecule has 1 aromatic heterocycles. The molecule has 3 aromatic rings. The molecule has 0 radical (unpaired) electrons. The highest BCUT2D eigenvalue weighted by atomic mass is 19.4. The van der Waals surface area contributed by atoms with Gasteiger partial charge in [0.15, 0.2) is 0 Å². The monoisotopic (exact) mass is 402 g/mol. The molecule has 0 spiro atoms. The smallest absolute Gasteiger partial charge is 0.331 e. The summed E-state index contributed by atoms with van der Waals surface area (Å²) in [5.41, 5.74) is 1.39. The molecule has 0 saturated heterocycles. The van der Waals surface area contributed by atoms with Crippen molar-refractivity contribution in [1.29, 1.82) is 0 Å². The zero-order valence-corrected chi connectivity index (χ0v) is 16.0. The SMILES string of the molecule is CC(NC(=O)N(C)Cc1cnn(-c2ccccc2)c1)c1cccc(C(F)(F)F)c1. The molecule has 152 valence electrons. The third-order valence-electron chi connectivity index (χ3n) is 4.48. The van der Waals surface area contributed by atoms with Crippen LogP contribution in [0.2, 0.25) is 0 Å². The van der Waals surface area contributed by atoms with E-state index in [0.29, 0.717) is 12.1 Å². The summed E-state index contributed by atoms with van der Waals surface area (Å²) < 4.78 is 40.4.